The Morgan fingerprint density at radius 1 is 1.38 bits per heavy atom. The largest absolute Gasteiger partial charge is 0.395 e. The summed E-state index contributed by atoms with van der Waals surface area (Å²) in [6.07, 6.45) is 1.39. The van der Waals surface area contributed by atoms with Crippen LogP contribution in [0.2, 0.25) is 0 Å². The standard InChI is InChI=1S/C8H18N2O2.ClH/c1-2-9-5-3-4-8(12)10-6-7-11;/h9,11H,2-7H2,1H3,(H,10,12);1H. The van der Waals surface area contributed by atoms with E-state index in [-0.39, 0.29) is 24.9 Å². The molecule has 13 heavy (non-hydrogen) atoms. The quantitative estimate of drug-likeness (QED) is 0.515. The van der Waals surface area contributed by atoms with Crippen LogP contribution < -0.4 is 10.6 Å². The number of carbonyl (C=O) groups is 1. The summed E-state index contributed by atoms with van der Waals surface area (Å²) in [6.45, 7) is 4.23. The monoisotopic (exact) mass is 210 g/mol. The lowest BCUT2D eigenvalue weighted by Gasteiger charge is -2.02. The molecule has 4 nitrogen and oxygen atoms in total. The van der Waals surface area contributed by atoms with Gasteiger partial charge in [0.25, 0.3) is 0 Å². The molecule has 0 radical (unpaired) electrons. The summed E-state index contributed by atoms with van der Waals surface area (Å²) in [4.78, 5) is 10.9. The maximum Gasteiger partial charge on any atom is 0.220 e. The minimum absolute atomic E-state index is 0. The fourth-order valence-corrected chi connectivity index (χ4v) is 0.834. The molecular weight excluding hydrogens is 192 g/mol. The Hall–Kier alpha value is -0.320. The van der Waals surface area contributed by atoms with E-state index in [1.54, 1.807) is 0 Å². The molecule has 5 heteroatoms. The molecule has 0 unspecified atom stereocenters. The van der Waals surface area contributed by atoms with Crippen molar-refractivity contribution in [2.45, 2.75) is 19.8 Å². The van der Waals surface area contributed by atoms with E-state index >= 15 is 0 Å². The highest BCUT2D eigenvalue weighted by Crippen LogP contribution is 1.85. The number of amides is 1. The van der Waals surface area contributed by atoms with Crippen molar-refractivity contribution in [3.63, 3.8) is 0 Å². The molecule has 0 spiro atoms. The van der Waals surface area contributed by atoms with Gasteiger partial charge in [-0.2, -0.15) is 0 Å². The van der Waals surface area contributed by atoms with E-state index < -0.39 is 0 Å². The van der Waals surface area contributed by atoms with Gasteiger partial charge in [-0.15, -0.1) is 12.4 Å². The zero-order valence-corrected chi connectivity index (χ0v) is 8.82. The van der Waals surface area contributed by atoms with Crippen LogP contribution in [0, 0.1) is 0 Å². The lowest BCUT2D eigenvalue weighted by molar-refractivity contribution is -0.121. The maximum absolute atomic E-state index is 10.9. The summed E-state index contributed by atoms with van der Waals surface area (Å²) < 4.78 is 0. The highest BCUT2D eigenvalue weighted by atomic mass is 35.5. The third-order valence-electron chi connectivity index (χ3n) is 1.44. The summed E-state index contributed by atoms with van der Waals surface area (Å²) >= 11 is 0. The van der Waals surface area contributed by atoms with E-state index in [4.69, 9.17) is 5.11 Å². The van der Waals surface area contributed by atoms with Crippen LogP contribution in [0.1, 0.15) is 19.8 Å². The van der Waals surface area contributed by atoms with Crippen LogP contribution in [0.15, 0.2) is 0 Å². The molecular formula is C8H19ClN2O2. The van der Waals surface area contributed by atoms with Crippen molar-refractivity contribution in [2.24, 2.45) is 0 Å². The topological polar surface area (TPSA) is 61.4 Å². The van der Waals surface area contributed by atoms with Crippen molar-refractivity contribution in [3.05, 3.63) is 0 Å². The van der Waals surface area contributed by atoms with Crippen molar-refractivity contribution in [1.82, 2.24) is 10.6 Å². The van der Waals surface area contributed by atoms with Crippen LogP contribution in [-0.2, 0) is 4.79 Å². The number of aliphatic hydroxyl groups is 1. The Bertz CT molecular complexity index is 123. The van der Waals surface area contributed by atoms with Crippen LogP contribution in [0.4, 0.5) is 0 Å². The fourth-order valence-electron chi connectivity index (χ4n) is 0.834. The molecule has 80 valence electrons. The summed E-state index contributed by atoms with van der Waals surface area (Å²) in [5, 5.41) is 14.1. The summed E-state index contributed by atoms with van der Waals surface area (Å²) in [5.41, 5.74) is 0. The van der Waals surface area contributed by atoms with Gasteiger partial charge in [-0.3, -0.25) is 4.79 Å². The third-order valence-corrected chi connectivity index (χ3v) is 1.44. The van der Waals surface area contributed by atoms with Crippen LogP contribution in [0.25, 0.3) is 0 Å². The Morgan fingerprint density at radius 3 is 2.62 bits per heavy atom. The molecule has 0 aromatic carbocycles. The molecule has 0 aromatic heterocycles. The van der Waals surface area contributed by atoms with E-state index in [1.165, 1.54) is 0 Å². The van der Waals surface area contributed by atoms with Gasteiger partial charge in [-0.25, -0.2) is 0 Å². The number of aliphatic hydroxyl groups excluding tert-OH is 1. The normalized spacial score (nSPS) is 9.08. The molecule has 0 atom stereocenters. The number of carbonyl (C=O) groups excluding carboxylic acids is 1. The first kappa shape index (κ1) is 15.2. The minimum atomic E-state index is 0. The molecule has 0 aliphatic heterocycles. The van der Waals surface area contributed by atoms with Crippen LogP contribution in [0.5, 0.6) is 0 Å². The third kappa shape index (κ3) is 11.7. The zero-order chi connectivity index (χ0) is 9.23. The summed E-state index contributed by atoms with van der Waals surface area (Å²) in [7, 11) is 0. The smallest absolute Gasteiger partial charge is 0.220 e. The predicted octanol–water partition coefficient (Wildman–Crippen LogP) is -0.0936. The van der Waals surface area contributed by atoms with E-state index in [0.29, 0.717) is 13.0 Å². The van der Waals surface area contributed by atoms with Gasteiger partial charge in [0.1, 0.15) is 0 Å². The highest BCUT2D eigenvalue weighted by Gasteiger charge is 1.97. The second-order valence-electron chi connectivity index (χ2n) is 2.53. The number of hydrogen-bond donors (Lipinski definition) is 3. The number of rotatable bonds is 7. The number of hydrogen-bond acceptors (Lipinski definition) is 3. The lowest BCUT2D eigenvalue weighted by Crippen LogP contribution is -2.27. The summed E-state index contributed by atoms with van der Waals surface area (Å²) in [6, 6.07) is 0. The van der Waals surface area contributed by atoms with Crippen LogP contribution in [0.3, 0.4) is 0 Å². The van der Waals surface area contributed by atoms with E-state index in [0.717, 1.165) is 19.5 Å². The first-order chi connectivity index (χ1) is 5.81. The average molecular weight is 211 g/mol. The molecule has 0 aliphatic carbocycles. The average Bonchev–Trinajstić information content (AvgIpc) is 2.09. The Balaban J connectivity index is 0. The van der Waals surface area contributed by atoms with Gasteiger partial charge in [-0.1, -0.05) is 6.92 Å². The van der Waals surface area contributed by atoms with Crippen molar-refractivity contribution in [3.8, 4) is 0 Å². The van der Waals surface area contributed by atoms with Crippen LogP contribution >= 0.6 is 12.4 Å². The molecule has 3 N–H and O–H groups in total. The molecule has 0 aromatic rings. The van der Waals surface area contributed by atoms with Gasteiger partial charge < -0.3 is 15.7 Å². The molecule has 0 saturated heterocycles. The lowest BCUT2D eigenvalue weighted by atomic mass is 10.3. The molecule has 0 saturated carbocycles. The number of nitrogens with one attached hydrogen (secondary N) is 2. The fraction of sp³-hybridized carbons (Fsp3) is 0.875. The highest BCUT2D eigenvalue weighted by molar-refractivity contribution is 5.85. The van der Waals surface area contributed by atoms with E-state index in [1.807, 2.05) is 6.92 Å². The first-order valence-corrected chi connectivity index (χ1v) is 4.39. The molecule has 0 rings (SSSR count). The second-order valence-corrected chi connectivity index (χ2v) is 2.53. The molecule has 0 bridgehead atoms. The van der Waals surface area contributed by atoms with Gasteiger partial charge >= 0.3 is 0 Å². The summed E-state index contributed by atoms with van der Waals surface area (Å²) in [5.74, 6) is 0.0157. The number of halogens is 1. The van der Waals surface area contributed by atoms with Gasteiger partial charge in [0.2, 0.25) is 5.91 Å². The Kier molecular flexibility index (Phi) is 13.6. The van der Waals surface area contributed by atoms with Gasteiger partial charge in [-0.05, 0) is 19.5 Å². The van der Waals surface area contributed by atoms with Crippen molar-refractivity contribution >= 4 is 18.3 Å². The molecule has 0 aliphatic rings. The molecule has 1 amide bonds. The minimum Gasteiger partial charge on any atom is -0.395 e. The molecule has 0 fully saturated rings. The van der Waals surface area contributed by atoms with Gasteiger partial charge in [0, 0.05) is 13.0 Å². The maximum atomic E-state index is 10.9. The van der Waals surface area contributed by atoms with Crippen LogP contribution in [-0.4, -0.2) is 37.3 Å². The Labute approximate surface area is 85.5 Å². The second kappa shape index (κ2) is 11.7. The van der Waals surface area contributed by atoms with Crippen molar-refractivity contribution in [1.29, 1.82) is 0 Å². The van der Waals surface area contributed by atoms with Crippen molar-refractivity contribution in [2.75, 3.05) is 26.2 Å². The zero-order valence-electron chi connectivity index (χ0n) is 8.01. The van der Waals surface area contributed by atoms with Crippen molar-refractivity contribution < 1.29 is 9.90 Å². The SMILES string of the molecule is CCNCCCC(=O)NCCO.Cl. The van der Waals surface area contributed by atoms with E-state index in [9.17, 15) is 4.79 Å². The van der Waals surface area contributed by atoms with Gasteiger partial charge in [0.15, 0.2) is 0 Å². The van der Waals surface area contributed by atoms with E-state index in [2.05, 4.69) is 10.6 Å². The first-order valence-electron chi connectivity index (χ1n) is 4.39. The Morgan fingerprint density at radius 2 is 2.08 bits per heavy atom. The predicted molar refractivity (Wildman–Crippen MR) is 55.1 cm³/mol. The molecule has 0 heterocycles. The van der Waals surface area contributed by atoms with Gasteiger partial charge in [0.05, 0.1) is 6.61 Å².